The van der Waals surface area contributed by atoms with Crippen molar-refractivity contribution >= 4 is 5.97 Å². The highest BCUT2D eigenvalue weighted by Gasteiger charge is 2.31. The van der Waals surface area contributed by atoms with Crippen LogP contribution in [0.2, 0.25) is 0 Å². The Balaban J connectivity index is 0. The van der Waals surface area contributed by atoms with E-state index in [1.165, 1.54) is 0 Å². The van der Waals surface area contributed by atoms with Crippen LogP contribution in [0.5, 0.6) is 0 Å². The Hall–Kier alpha value is -0.540. The summed E-state index contributed by atoms with van der Waals surface area (Å²) >= 11 is 0. The number of ether oxygens (including phenoxy) is 1. The molecule has 0 saturated carbocycles. The number of carbonyl (C=O) groups excluding carboxylic acids is 1. The molecule has 0 fully saturated rings. The standard InChI is InChI=1S/C12H24NO2.ClH/c1-10(2)11(14)15-9-8-13(6,7)12(3,4)5;/h1,8-9H2,2-7H3;1H/q+1;/p-1. The second-order valence-corrected chi connectivity index (χ2v) is 5.50. The van der Waals surface area contributed by atoms with E-state index in [1.807, 2.05) is 0 Å². The molecular formula is C12H24ClNO2. The lowest BCUT2D eigenvalue weighted by atomic mass is 10.0. The van der Waals surface area contributed by atoms with Gasteiger partial charge in [-0.2, -0.15) is 0 Å². The third-order valence-corrected chi connectivity index (χ3v) is 3.05. The number of nitrogens with zero attached hydrogens (tertiary/aromatic N) is 1. The van der Waals surface area contributed by atoms with E-state index in [0.29, 0.717) is 12.2 Å². The van der Waals surface area contributed by atoms with E-state index in [9.17, 15) is 4.79 Å². The Morgan fingerprint density at radius 1 is 1.31 bits per heavy atom. The molecule has 0 amide bonds. The van der Waals surface area contributed by atoms with Gasteiger partial charge < -0.3 is 21.6 Å². The Morgan fingerprint density at radius 2 is 1.75 bits per heavy atom. The first-order valence-corrected chi connectivity index (χ1v) is 5.23. The number of hydrogen-bond acceptors (Lipinski definition) is 2. The van der Waals surface area contributed by atoms with E-state index in [4.69, 9.17) is 4.74 Å². The van der Waals surface area contributed by atoms with Crippen molar-refractivity contribution in [2.75, 3.05) is 27.2 Å². The monoisotopic (exact) mass is 249 g/mol. The maximum Gasteiger partial charge on any atom is 0.333 e. The van der Waals surface area contributed by atoms with Crippen molar-refractivity contribution in [1.82, 2.24) is 0 Å². The second kappa shape index (κ2) is 6.26. The summed E-state index contributed by atoms with van der Waals surface area (Å²) in [5, 5.41) is 0. The van der Waals surface area contributed by atoms with Gasteiger partial charge in [0.15, 0.2) is 0 Å². The molecule has 0 spiro atoms. The highest BCUT2D eigenvalue weighted by atomic mass is 35.5. The van der Waals surface area contributed by atoms with Crippen molar-refractivity contribution < 1.29 is 26.4 Å². The fraction of sp³-hybridized carbons (Fsp3) is 0.750. The van der Waals surface area contributed by atoms with Crippen LogP contribution in [0.15, 0.2) is 12.2 Å². The van der Waals surface area contributed by atoms with Gasteiger partial charge >= 0.3 is 5.97 Å². The molecule has 3 nitrogen and oxygen atoms in total. The molecule has 0 saturated heterocycles. The van der Waals surface area contributed by atoms with E-state index >= 15 is 0 Å². The minimum Gasteiger partial charge on any atom is -1.00 e. The molecule has 0 aliphatic rings. The number of halogens is 1. The van der Waals surface area contributed by atoms with E-state index in [0.717, 1.165) is 11.0 Å². The van der Waals surface area contributed by atoms with Crippen molar-refractivity contribution in [3.63, 3.8) is 0 Å². The Morgan fingerprint density at radius 3 is 2.06 bits per heavy atom. The highest BCUT2D eigenvalue weighted by molar-refractivity contribution is 5.86. The lowest BCUT2D eigenvalue weighted by Gasteiger charge is -2.42. The van der Waals surface area contributed by atoms with Crippen LogP contribution < -0.4 is 12.4 Å². The van der Waals surface area contributed by atoms with Crippen LogP contribution in [0.1, 0.15) is 27.7 Å². The van der Waals surface area contributed by atoms with Crippen molar-refractivity contribution in [2.45, 2.75) is 33.2 Å². The molecule has 96 valence electrons. The maximum absolute atomic E-state index is 11.1. The maximum atomic E-state index is 11.1. The van der Waals surface area contributed by atoms with Crippen molar-refractivity contribution in [2.24, 2.45) is 0 Å². The minimum atomic E-state index is -0.302. The van der Waals surface area contributed by atoms with Crippen LogP contribution in [0, 0.1) is 0 Å². The molecule has 0 atom stereocenters. The summed E-state index contributed by atoms with van der Waals surface area (Å²) in [4.78, 5) is 11.1. The van der Waals surface area contributed by atoms with Crippen LogP contribution in [0.4, 0.5) is 0 Å². The van der Waals surface area contributed by atoms with Gasteiger partial charge in [0.25, 0.3) is 0 Å². The van der Waals surface area contributed by atoms with E-state index < -0.39 is 0 Å². The molecule has 0 radical (unpaired) electrons. The van der Waals surface area contributed by atoms with Gasteiger partial charge in [0.05, 0.1) is 19.6 Å². The number of rotatable bonds is 4. The number of quaternary nitrogens is 1. The topological polar surface area (TPSA) is 26.3 Å². The molecule has 0 N–H and O–H groups in total. The first-order valence-electron chi connectivity index (χ1n) is 5.23. The predicted octanol–water partition coefficient (Wildman–Crippen LogP) is -1.02. The quantitative estimate of drug-likeness (QED) is 0.363. The van der Waals surface area contributed by atoms with Crippen LogP contribution >= 0.6 is 0 Å². The Labute approximate surface area is 105 Å². The smallest absolute Gasteiger partial charge is 0.333 e. The summed E-state index contributed by atoms with van der Waals surface area (Å²) < 4.78 is 5.90. The summed E-state index contributed by atoms with van der Waals surface area (Å²) in [6.45, 7) is 13.0. The third-order valence-electron chi connectivity index (χ3n) is 3.05. The Bertz CT molecular complexity index is 254. The van der Waals surface area contributed by atoms with Crippen molar-refractivity contribution in [3.05, 3.63) is 12.2 Å². The number of likely N-dealkylation sites (N-methyl/N-ethyl adjacent to an activating group) is 1. The zero-order valence-corrected chi connectivity index (χ0v) is 12.0. The minimum absolute atomic E-state index is 0. The van der Waals surface area contributed by atoms with Gasteiger partial charge in [-0.3, -0.25) is 0 Å². The SMILES string of the molecule is C=C(C)C(=O)OCC[N+](C)(C)C(C)(C)C.[Cl-]. The molecule has 0 heterocycles. The van der Waals surface area contributed by atoms with Crippen LogP contribution in [-0.2, 0) is 9.53 Å². The highest BCUT2D eigenvalue weighted by Crippen LogP contribution is 2.18. The van der Waals surface area contributed by atoms with E-state index in [-0.39, 0.29) is 23.9 Å². The molecule has 16 heavy (non-hydrogen) atoms. The van der Waals surface area contributed by atoms with Crippen LogP contribution in [0.25, 0.3) is 0 Å². The van der Waals surface area contributed by atoms with Gasteiger partial charge in [0, 0.05) is 5.57 Å². The number of carbonyl (C=O) groups is 1. The first kappa shape index (κ1) is 17.8. The average Bonchev–Trinajstić information content (AvgIpc) is 2.01. The van der Waals surface area contributed by atoms with Crippen molar-refractivity contribution in [3.8, 4) is 0 Å². The summed E-state index contributed by atoms with van der Waals surface area (Å²) in [6.07, 6.45) is 0. The normalized spacial score (nSPS) is 11.6. The zero-order valence-electron chi connectivity index (χ0n) is 11.3. The number of hydrogen-bond donors (Lipinski definition) is 0. The van der Waals surface area contributed by atoms with E-state index in [1.54, 1.807) is 6.92 Å². The second-order valence-electron chi connectivity index (χ2n) is 5.50. The molecule has 0 unspecified atom stereocenters. The van der Waals surface area contributed by atoms with Crippen LogP contribution in [0.3, 0.4) is 0 Å². The summed E-state index contributed by atoms with van der Waals surface area (Å²) in [7, 11) is 4.27. The average molecular weight is 250 g/mol. The van der Waals surface area contributed by atoms with Gasteiger partial charge in [-0.1, -0.05) is 6.58 Å². The molecule has 0 aliphatic heterocycles. The fourth-order valence-electron chi connectivity index (χ4n) is 0.825. The van der Waals surface area contributed by atoms with Gasteiger partial charge in [-0.15, -0.1) is 0 Å². The fourth-order valence-corrected chi connectivity index (χ4v) is 0.825. The predicted molar refractivity (Wildman–Crippen MR) is 62.5 cm³/mol. The number of esters is 1. The van der Waals surface area contributed by atoms with Gasteiger partial charge in [0.2, 0.25) is 0 Å². The van der Waals surface area contributed by atoms with Crippen molar-refractivity contribution in [1.29, 1.82) is 0 Å². The van der Waals surface area contributed by atoms with Gasteiger partial charge in [-0.05, 0) is 27.7 Å². The molecule has 0 aromatic heterocycles. The molecule has 0 rings (SSSR count). The van der Waals surface area contributed by atoms with E-state index in [2.05, 4.69) is 41.4 Å². The first-order chi connectivity index (χ1) is 6.58. The Kier molecular flexibility index (Phi) is 6.98. The summed E-state index contributed by atoms with van der Waals surface area (Å²) in [5.74, 6) is -0.302. The lowest BCUT2D eigenvalue weighted by Crippen LogP contribution is -3.00. The zero-order chi connectivity index (χ0) is 12.3. The lowest BCUT2D eigenvalue weighted by molar-refractivity contribution is -0.935. The summed E-state index contributed by atoms with van der Waals surface area (Å²) in [5.41, 5.74) is 0.603. The molecule has 0 aromatic rings. The largest absolute Gasteiger partial charge is 1.00 e. The molecule has 4 heteroatoms. The third kappa shape index (κ3) is 5.52. The molecule has 0 bridgehead atoms. The molecule has 0 aromatic carbocycles. The van der Waals surface area contributed by atoms with Gasteiger partial charge in [0.1, 0.15) is 13.2 Å². The van der Waals surface area contributed by atoms with Crippen LogP contribution in [-0.4, -0.2) is 43.2 Å². The van der Waals surface area contributed by atoms with Gasteiger partial charge in [-0.25, -0.2) is 4.79 Å². The molecule has 0 aliphatic carbocycles. The summed E-state index contributed by atoms with van der Waals surface area (Å²) in [6, 6.07) is 0. The molecular weight excluding hydrogens is 226 g/mol.